The van der Waals surface area contributed by atoms with Gasteiger partial charge in [0.15, 0.2) is 0 Å². The van der Waals surface area contributed by atoms with Crippen molar-refractivity contribution in [2.45, 2.75) is 201 Å². The van der Waals surface area contributed by atoms with Gasteiger partial charge in [-0.05, 0) is 62.6 Å². The highest BCUT2D eigenvalue weighted by atomic mass is 32.2. The molecule has 6 heterocycles. The number of nitrogens with zero attached hydrogens (tertiary/aromatic N) is 4. The van der Waals surface area contributed by atoms with E-state index in [0.29, 0.717) is 51.4 Å². The summed E-state index contributed by atoms with van der Waals surface area (Å²) < 4.78 is 86.3. The van der Waals surface area contributed by atoms with E-state index in [9.17, 15) is 16.8 Å². The van der Waals surface area contributed by atoms with Gasteiger partial charge in [-0.25, -0.2) is 16.8 Å². The number of ether oxygens (including phenoxy) is 6. The molecule has 6 fully saturated rings. The van der Waals surface area contributed by atoms with Crippen molar-refractivity contribution in [1.29, 1.82) is 0 Å². The van der Waals surface area contributed by atoms with Gasteiger partial charge in [-0.1, -0.05) is 159 Å². The van der Waals surface area contributed by atoms with E-state index in [0.717, 1.165) is 71.7 Å². The molecule has 0 bridgehead atoms. The Labute approximate surface area is 456 Å². The van der Waals surface area contributed by atoms with Crippen molar-refractivity contribution < 1.29 is 45.3 Å². The molecule has 440 valence electrons. The highest BCUT2D eigenvalue weighted by molar-refractivity contribution is 7.88. The summed E-state index contributed by atoms with van der Waals surface area (Å²) in [6.07, 6.45) is 4.98. The number of rotatable bonds is 5. The molecule has 0 amide bonds. The van der Waals surface area contributed by atoms with Crippen molar-refractivity contribution in [3.8, 4) is 0 Å². The molecule has 2 unspecified atom stereocenters. The van der Waals surface area contributed by atoms with Crippen LogP contribution in [0.2, 0.25) is 0 Å². The van der Waals surface area contributed by atoms with Gasteiger partial charge < -0.3 is 28.4 Å². The lowest BCUT2D eigenvalue weighted by molar-refractivity contribution is -0.223. The highest BCUT2D eigenvalue weighted by Gasteiger charge is 2.58. The van der Waals surface area contributed by atoms with E-state index in [4.69, 9.17) is 28.4 Å². The van der Waals surface area contributed by atoms with E-state index in [2.05, 4.69) is 169 Å². The summed E-state index contributed by atoms with van der Waals surface area (Å²) in [5.41, 5.74) is -1.12. The third-order valence-electron chi connectivity index (χ3n) is 18.0. The highest BCUT2D eigenvalue weighted by Crippen LogP contribution is 2.51. The molecular weight excluding hydrogens is 977 g/mol. The maximum absolute atomic E-state index is 11.8. The van der Waals surface area contributed by atoms with Crippen molar-refractivity contribution in [3.05, 3.63) is 0 Å². The minimum Gasteiger partial charge on any atom is -0.381 e. The molecule has 6 saturated heterocycles. The van der Waals surface area contributed by atoms with Gasteiger partial charge in [0.05, 0.1) is 80.6 Å². The number of morpholine rings is 5. The summed E-state index contributed by atoms with van der Waals surface area (Å²) in [7, 11) is -6.33. The lowest BCUT2D eigenvalue weighted by atomic mass is 9.61. The molecule has 0 N–H and O–H groups in total. The summed E-state index contributed by atoms with van der Waals surface area (Å²) in [6, 6.07) is 0.470. The Morgan fingerprint density at radius 2 is 0.824 bits per heavy atom. The van der Waals surface area contributed by atoms with Gasteiger partial charge in [-0.3, -0.25) is 9.80 Å². The van der Waals surface area contributed by atoms with Crippen molar-refractivity contribution >= 4 is 20.0 Å². The number of hydrogen-bond donors (Lipinski definition) is 0. The van der Waals surface area contributed by atoms with Crippen LogP contribution in [0.3, 0.4) is 0 Å². The molecule has 0 saturated carbocycles. The molecule has 0 spiro atoms. The Morgan fingerprint density at radius 1 is 0.446 bits per heavy atom. The first-order chi connectivity index (χ1) is 33.1. The van der Waals surface area contributed by atoms with Crippen molar-refractivity contribution in [3.63, 3.8) is 0 Å². The fraction of sp³-hybridized carbons (Fsp3) is 1.00. The second kappa shape index (κ2) is 24.3. The lowest BCUT2D eigenvalue weighted by Crippen LogP contribution is -2.66. The van der Waals surface area contributed by atoms with Crippen LogP contribution in [0.4, 0.5) is 0 Å². The fourth-order valence-electron chi connectivity index (χ4n) is 13.6. The van der Waals surface area contributed by atoms with Crippen LogP contribution in [-0.2, 0) is 48.5 Å². The van der Waals surface area contributed by atoms with Gasteiger partial charge in [-0.15, -0.1) is 0 Å². The Morgan fingerprint density at radius 3 is 1.18 bits per heavy atom. The van der Waals surface area contributed by atoms with Crippen molar-refractivity contribution in [1.82, 2.24) is 18.4 Å². The van der Waals surface area contributed by atoms with Crippen LogP contribution in [-0.4, -0.2) is 188 Å². The van der Waals surface area contributed by atoms with Crippen LogP contribution in [0, 0.1) is 49.7 Å². The number of fused-ring (bicyclic) bond motifs is 1. The van der Waals surface area contributed by atoms with Gasteiger partial charge in [0.1, 0.15) is 0 Å². The second-order valence-electron chi connectivity index (χ2n) is 30.3. The van der Waals surface area contributed by atoms with Crippen molar-refractivity contribution in [2.75, 3.05) is 124 Å². The quantitative estimate of drug-likeness (QED) is 0.259. The third-order valence-corrected chi connectivity index (χ3v) is 20.5. The molecule has 6 aliphatic heterocycles. The van der Waals surface area contributed by atoms with Gasteiger partial charge in [0, 0.05) is 72.1 Å². The normalized spacial score (nSPS) is 26.9. The average molecular weight is 1090 g/mol. The molecule has 14 nitrogen and oxygen atoms in total. The molecule has 0 aromatic heterocycles. The standard InChI is InChI=1S/C18H35NO2.C14H27NO2.2C13H27NO3S/c1-16(2,3)18(17(4,5)6)14-19(9-12-21-18)13-15-7-10-20-11-8-15;1-11(2)14(13(3,4)5)10-15-6-7-16-8-12(15)9-17-14;2*1-11(2,3)13(12(4,5)6)10-14(8-9-17-13)18(7,15)16/h15H,7-14H2,1-6H3;11-12H,6-10H2,1-5H3;2*8-10H2,1-7H3. The molecule has 2 atom stereocenters. The Bertz CT molecular complexity index is 1850. The van der Waals surface area contributed by atoms with Crippen LogP contribution in [0.15, 0.2) is 0 Å². The Balaban J connectivity index is 0.000000261. The van der Waals surface area contributed by atoms with Gasteiger partial charge in [-0.2, -0.15) is 8.61 Å². The molecular formula is C58H116N4O10S2. The third kappa shape index (κ3) is 15.7. The van der Waals surface area contributed by atoms with E-state index in [-0.39, 0.29) is 49.1 Å². The first-order valence-electron chi connectivity index (χ1n) is 28.2. The predicted molar refractivity (Wildman–Crippen MR) is 305 cm³/mol. The Kier molecular flexibility index (Phi) is 22.3. The van der Waals surface area contributed by atoms with Gasteiger partial charge in [0.25, 0.3) is 0 Å². The summed E-state index contributed by atoms with van der Waals surface area (Å²) >= 11 is 0. The molecule has 6 rings (SSSR count). The topological polar surface area (TPSA) is 137 Å². The Hall–Kier alpha value is -0.500. The van der Waals surface area contributed by atoms with E-state index < -0.39 is 31.2 Å². The van der Waals surface area contributed by atoms with Crippen molar-refractivity contribution in [2.24, 2.45) is 49.7 Å². The van der Waals surface area contributed by atoms with Gasteiger partial charge in [0.2, 0.25) is 20.0 Å². The van der Waals surface area contributed by atoms with E-state index in [1.807, 2.05) is 0 Å². The zero-order valence-electron chi connectivity index (χ0n) is 52.4. The molecule has 0 aromatic rings. The summed E-state index contributed by atoms with van der Waals surface area (Å²) in [5, 5.41) is 0. The maximum Gasteiger partial charge on any atom is 0.211 e. The first kappa shape index (κ1) is 67.8. The molecule has 0 aromatic carbocycles. The number of hydrogen-bond acceptors (Lipinski definition) is 12. The molecule has 0 radical (unpaired) electrons. The minimum absolute atomic E-state index is 0.0269. The smallest absolute Gasteiger partial charge is 0.211 e. The van der Waals surface area contributed by atoms with Crippen LogP contribution in [0.1, 0.15) is 172 Å². The van der Waals surface area contributed by atoms with E-state index >= 15 is 0 Å². The van der Waals surface area contributed by atoms with Crippen LogP contribution in [0.5, 0.6) is 0 Å². The van der Waals surface area contributed by atoms with Crippen LogP contribution < -0.4 is 0 Å². The molecule has 6 aliphatic rings. The average Bonchev–Trinajstić information content (AvgIpc) is 3.24. The monoisotopic (exact) mass is 1090 g/mol. The molecule has 74 heavy (non-hydrogen) atoms. The molecule has 16 heteroatoms. The predicted octanol–water partition coefficient (Wildman–Crippen LogP) is 9.95. The SMILES string of the molecule is CC(C)(C)C1(C(C)(C)C)CN(CC2CCOCC2)CCO1.CC(C)(C)C1(C(C)(C)C)CN(S(C)(=O)=O)CCO1.CC(C)(C)C1(C(C)(C)C)CN(S(C)(=O)=O)CCO1.CC(C)C1(C(C)(C)C)CN2CCOCC2CO1. The maximum atomic E-state index is 11.8. The lowest BCUT2D eigenvalue weighted by Gasteiger charge is -2.57. The summed E-state index contributed by atoms with van der Waals surface area (Å²) in [6.45, 7) is 64.2. The van der Waals surface area contributed by atoms with E-state index in [1.165, 1.54) is 31.9 Å². The largest absolute Gasteiger partial charge is 0.381 e. The zero-order chi connectivity index (χ0) is 57.2. The van der Waals surface area contributed by atoms with E-state index in [1.54, 1.807) is 8.61 Å². The van der Waals surface area contributed by atoms with Gasteiger partial charge >= 0.3 is 0 Å². The number of sulfonamides is 2. The zero-order valence-corrected chi connectivity index (χ0v) is 54.0. The fourth-order valence-corrected chi connectivity index (χ4v) is 15.2. The second-order valence-corrected chi connectivity index (χ2v) is 34.3. The summed E-state index contributed by atoms with van der Waals surface area (Å²) in [5.74, 6) is 1.33. The molecule has 0 aliphatic carbocycles. The summed E-state index contributed by atoms with van der Waals surface area (Å²) in [4.78, 5) is 5.22. The van der Waals surface area contributed by atoms with Crippen LogP contribution >= 0.6 is 0 Å². The minimum atomic E-state index is -3.16. The first-order valence-corrected chi connectivity index (χ1v) is 31.9. The van der Waals surface area contributed by atoms with Crippen LogP contribution in [0.25, 0.3) is 0 Å².